The lowest BCUT2D eigenvalue weighted by atomic mass is 10.1. The molecule has 0 saturated heterocycles. The fraction of sp³-hybridized carbons (Fsp3) is 0.250. The lowest BCUT2D eigenvalue weighted by Gasteiger charge is -2.22. The molecule has 1 aliphatic rings. The monoisotopic (exact) mass is 286 g/mol. The molecule has 108 valence electrons. The second-order valence-corrected chi connectivity index (χ2v) is 5.24. The van der Waals surface area contributed by atoms with E-state index in [4.69, 9.17) is 0 Å². The molecule has 1 aromatic heterocycles. The molecule has 0 radical (unpaired) electrons. The van der Waals surface area contributed by atoms with Gasteiger partial charge in [0.2, 0.25) is 5.56 Å². The van der Waals surface area contributed by atoms with Crippen LogP contribution >= 0.6 is 0 Å². The lowest BCUT2D eigenvalue weighted by Crippen LogP contribution is -2.33. The number of hydrogen-bond acceptors (Lipinski definition) is 2. The molecule has 21 heavy (non-hydrogen) atoms. The number of benzene rings is 1. The predicted molar refractivity (Wildman–Crippen MR) is 76.4 cm³/mol. The van der Waals surface area contributed by atoms with E-state index in [2.05, 4.69) is 4.98 Å². The highest BCUT2D eigenvalue weighted by atomic mass is 19.1. The van der Waals surface area contributed by atoms with Crippen molar-refractivity contribution in [1.82, 2.24) is 9.88 Å². The molecule has 1 fully saturated rings. The van der Waals surface area contributed by atoms with Gasteiger partial charge in [0.05, 0.1) is 0 Å². The minimum Gasteiger partial charge on any atom is -0.331 e. The number of hydrogen-bond donors (Lipinski definition) is 1. The summed E-state index contributed by atoms with van der Waals surface area (Å²) in [5.41, 5.74) is 0.810. The number of nitrogens with one attached hydrogen (secondary N) is 1. The standard InChI is InChI=1S/C16H15FN2O2/c17-13-3-1-2-11(8-13)10-19(14-4-5-14)16(21)12-6-7-18-15(20)9-12/h1-3,6-9,14H,4-5,10H2,(H,18,20). The van der Waals surface area contributed by atoms with Gasteiger partial charge in [0, 0.05) is 30.4 Å². The smallest absolute Gasteiger partial charge is 0.254 e. The van der Waals surface area contributed by atoms with Crippen molar-refractivity contribution in [3.63, 3.8) is 0 Å². The Morgan fingerprint density at radius 2 is 2.10 bits per heavy atom. The fourth-order valence-corrected chi connectivity index (χ4v) is 2.33. The number of halogens is 1. The topological polar surface area (TPSA) is 53.2 Å². The van der Waals surface area contributed by atoms with Crippen LogP contribution in [-0.4, -0.2) is 21.8 Å². The molecule has 1 aliphatic carbocycles. The van der Waals surface area contributed by atoms with Crippen molar-refractivity contribution < 1.29 is 9.18 Å². The summed E-state index contributed by atoms with van der Waals surface area (Å²) in [5, 5.41) is 0. The number of aromatic amines is 1. The first-order valence-electron chi connectivity index (χ1n) is 6.87. The van der Waals surface area contributed by atoms with E-state index >= 15 is 0 Å². The molecule has 2 aromatic rings. The Hall–Kier alpha value is -2.43. The molecule has 1 saturated carbocycles. The van der Waals surface area contributed by atoms with Crippen molar-refractivity contribution >= 4 is 5.91 Å². The number of rotatable bonds is 4. The van der Waals surface area contributed by atoms with Crippen molar-refractivity contribution in [2.45, 2.75) is 25.4 Å². The summed E-state index contributed by atoms with van der Waals surface area (Å²) >= 11 is 0. The maximum Gasteiger partial charge on any atom is 0.254 e. The van der Waals surface area contributed by atoms with Crippen molar-refractivity contribution in [2.24, 2.45) is 0 Å². The van der Waals surface area contributed by atoms with E-state index in [0.717, 1.165) is 18.4 Å². The summed E-state index contributed by atoms with van der Waals surface area (Å²) in [5.74, 6) is -0.500. The van der Waals surface area contributed by atoms with E-state index in [9.17, 15) is 14.0 Å². The summed E-state index contributed by atoms with van der Waals surface area (Å²) in [6.45, 7) is 0.355. The van der Waals surface area contributed by atoms with Gasteiger partial charge < -0.3 is 9.88 Å². The number of aromatic nitrogens is 1. The molecule has 3 rings (SSSR count). The van der Waals surface area contributed by atoms with Crippen LogP contribution in [0.15, 0.2) is 47.4 Å². The molecule has 0 atom stereocenters. The lowest BCUT2D eigenvalue weighted by molar-refractivity contribution is 0.0729. The molecule has 1 heterocycles. The first-order chi connectivity index (χ1) is 10.1. The second kappa shape index (κ2) is 5.52. The van der Waals surface area contributed by atoms with E-state index in [-0.39, 0.29) is 23.3 Å². The first-order valence-corrected chi connectivity index (χ1v) is 6.87. The Labute approximate surface area is 121 Å². The highest BCUT2D eigenvalue weighted by molar-refractivity contribution is 5.94. The summed E-state index contributed by atoms with van der Waals surface area (Å²) in [6, 6.07) is 9.30. The molecule has 5 heteroatoms. The minimum absolute atomic E-state index is 0.181. The quantitative estimate of drug-likeness (QED) is 0.937. The highest BCUT2D eigenvalue weighted by Gasteiger charge is 2.33. The molecule has 1 aromatic carbocycles. The Kier molecular flexibility index (Phi) is 3.56. The zero-order valence-electron chi connectivity index (χ0n) is 11.4. The van der Waals surface area contributed by atoms with Gasteiger partial charge in [-0.25, -0.2) is 4.39 Å². The number of H-pyrrole nitrogens is 1. The number of carbonyl (C=O) groups is 1. The van der Waals surface area contributed by atoms with Gasteiger partial charge in [-0.3, -0.25) is 9.59 Å². The fourth-order valence-electron chi connectivity index (χ4n) is 2.33. The summed E-state index contributed by atoms with van der Waals surface area (Å²) < 4.78 is 13.3. The van der Waals surface area contributed by atoms with Crippen LogP contribution in [0.2, 0.25) is 0 Å². The van der Waals surface area contributed by atoms with Crippen LogP contribution in [0.1, 0.15) is 28.8 Å². The van der Waals surface area contributed by atoms with Gasteiger partial charge in [0.25, 0.3) is 5.91 Å². The molecule has 0 unspecified atom stereocenters. The van der Waals surface area contributed by atoms with Gasteiger partial charge in [-0.1, -0.05) is 12.1 Å². The third kappa shape index (κ3) is 3.18. The number of pyridine rings is 1. The molecule has 0 bridgehead atoms. The Morgan fingerprint density at radius 1 is 1.29 bits per heavy atom. The molecular formula is C16H15FN2O2. The number of nitrogens with zero attached hydrogens (tertiary/aromatic N) is 1. The van der Waals surface area contributed by atoms with Crippen LogP contribution in [0, 0.1) is 5.82 Å². The van der Waals surface area contributed by atoms with E-state index in [1.54, 1.807) is 23.1 Å². The Bertz CT molecular complexity index is 722. The van der Waals surface area contributed by atoms with E-state index in [1.165, 1.54) is 24.4 Å². The van der Waals surface area contributed by atoms with Gasteiger partial charge >= 0.3 is 0 Å². The van der Waals surface area contributed by atoms with Crippen LogP contribution in [0.4, 0.5) is 4.39 Å². The SMILES string of the molecule is O=C(c1cc[nH]c(=O)c1)N(Cc1cccc(F)c1)C1CC1. The zero-order chi connectivity index (χ0) is 14.8. The average Bonchev–Trinajstić information content (AvgIpc) is 3.29. The van der Waals surface area contributed by atoms with Gasteiger partial charge in [-0.2, -0.15) is 0 Å². The highest BCUT2D eigenvalue weighted by Crippen LogP contribution is 2.29. The molecule has 1 N–H and O–H groups in total. The molecular weight excluding hydrogens is 271 g/mol. The zero-order valence-corrected chi connectivity index (χ0v) is 11.4. The van der Waals surface area contributed by atoms with Crippen molar-refractivity contribution in [1.29, 1.82) is 0 Å². The normalized spacial score (nSPS) is 14.0. The third-order valence-electron chi connectivity index (χ3n) is 3.51. The average molecular weight is 286 g/mol. The van der Waals surface area contributed by atoms with Gasteiger partial charge in [0.15, 0.2) is 0 Å². The molecule has 1 amide bonds. The maximum atomic E-state index is 13.3. The number of carbonyl (C=O) groups excluding carboxylic acids is 1. The summed E-state index contributed by atoms with van der Waals surface area (Å²) in [7, 11) is 0. The summed E-state index contributed by atoms with van der Waals surface area (Å²) in [6.07, 6.45) is 3.36. The predicted octanol–water partition coefficient (Wildman–Crippen LogP) is 2.32. The van der Waals surface area contributed by atoms with Gasteiger partial charge in [0.1, 0.15) is 5.82 Å². The van der Waals surface area contributed by atoms with Crippen LogP contribution in [0.3, 0.4) is 0 Å². The minimum atomic E-state index is -0.313. The van der Waals surface area contributed by atoms with Crippen molar-refractivity contribution in [3.05, 3.63) is 69.9 Å². The van der Waals surface area contributed by atoms with Crippen molar-refractivity contribution in [3.8, 4) is 0 Å². The van der Waals surface area contributed by atoms with Crippen molar-refractivity contribution in [2.75, 3.05) is 0 Å². The molecule has 0 aliphatic heterocycles. The second-order valence-electron chi connectivity index (χ2n) is 5.24. The first kappa shape index (κ1) is 13.5. The maximum absolute atomic E-state index is 13.3. The van der Waals surface area contributed by atoms with Crippen LogP contribution < -0.4 is 5.56 Å². The Morgan fingerprint density at radius 3 is 2.76 bits per heavy atom. The van der Waals surface area contributed by atoms with Crippen LogP contribution in [-0.2, 0) is 6.54 Å². The van der Waals surface area contributed by atoms with Crippen LogP contribution in [0.25, 0.3) is 0 Å². The van der Waals surface area contributed by atoms with Gasteiger partial charge in [-0.15, -0.1) is 0 Å². The Balaban J connectivity index is 1.85. The molecule has 0 spiro atoms. The van der Waals surface area contributed by atoms with Crippen LogP contribution in [0.5, 0.6) is 0 Å². The van der Waals surface area contributed by atoms with Gasteiger partial charge in [-0.05, 0) is 36.6 Å². The third-order valence-corrected chi connectivity index (χ3v) is 3.51. The number of amides is 1. The van der Waals surface area contributed by atoms with E-state index in [0.29, 0.717) is 12.1 Å². The van der Waals surface area contributed by atoms with E-state index in [1.807, 2.05) is 0 Å². The largest absolute Gasteiger partial charge is 0.331 e. The summed E-state index contributed by atoms with van der Waals surface area (Å²) in [4.78, 5) is 28.1. The molecule has 4 nitrogen and oxygen atoms in total. The van der Waals surface area contributed by atoms with E-state index < -0.39 is 0 Å².